The van der Waals surface area contributed by atoms with Crippen molar-refractivity contribution in [3.05, 3.63) is 46.3 Å². The Morgan fingerprint density at radius 3 is 1.88 bits per heavy atom. The highest BCUT2D eigenvalue weighted by Gasteiger charge is 2.59. The van der Waals surface area contributed by atoms with Crippen LogP contribution in [0.4, 0.5) is 22.0 Å². The molecule has 2 rings (SSSR count). The monoisotopic (exact) mass is 346 g/mol. The second-order valence-electron chi connectivity index (χ2n) is 7.17. The van der Waals surface area contributed by atoms with E-state index in [2.05, 4.69) is 0 Å². The van der Waals surface area contributed by atoms with Crippen LogP contribution in [0.25, 0.3) is 0 Å². The second kappa shape index (κ2) is 6.30. The minimum atomic E-state index is -2.19. The number of halogens is 5. The summed E-state index contributed by atoms with van der Waals surface area (Å²) < 4.78 is 67.4. The Morgan fingerprint density at radius 1 is 1.00 bits per heavy atom. The van der Waals surface area contributed by atoms with Gasteiger partial charge in [0.15, 0.2) is 23.3 Å². The number of rotatable bonds is 5. The smallest absolute Gasteiger partial charge is 0.200 e. The van der Waals surface area contributed by atoms with Gasteiger partial charge in [-0.15, -0.1) is 0 Å². The zero-order chi connectivity index (χ0) is 18.4. The molecule has 24 heavy (non-hydrogen) atoms. The number of carbonyl (C=O) groups excluding carboxylic acids is 1. The summed E-state index contributed by atoms with van der Waals surface area (Å²) in [5.74, 6) is -10.9. The molecule has 1 aliphatic rings. The third kappa shape index (κ3) is 2.98. The highest BCUT2D eigenvalue weighted by Crippen LogP contribution is 2.63. The van der Waals surface area contributed by atoms with Gasteiger partial charge in [-0.2, -0.15) is 0 Å². The minimum absolute atomic E-state index is 0.0268. The Balaban J connectivity index is 2.37. The van der Waals surface area contributed by atoms with Gasteiger partial charge in [-0.3, -0.25) is 0 Å². The lowest BCUT2D eigenvalue weighted by atomic mass is 9.91. The molecule has 0 amide bonds. The van der Waals surface area contributed by atoms with Gasteiger partial charge in [0.1, 0.15) is 6.29 Å². The number of aldehydes is 1. The second-order valence-corrected chi connectivity index (χ2v) is 7.17. The summed E-state index contributed by atoms with van der Waals surface area (Å²) >= 11 is 0. The first-order chi connectivity index (χ1) is 11.0. The van der Waals surface area contributed by atoms with E-state index in [1.165, 1.54) is 0 Å². The first-order valence-electron chi connectivity index (χ1n) is 7.64. The molecule has 1 aliphatic carbocycles. The number of hydrogen-bond donors (Lipinski definition) is 0. The summed E-state index contributed by atoms with van der Waals surface area (Å²) in [5.41, 5.74) is -0.161. The van der Waals surface area contributed by atoms with E-state index >= 15 is 0 Å². The van der Waals surface area contributed by atoms with E-state index in [9.17, 15) is 26.7 Å². The maximum atomic E-state index is 13.8. The fourth-order valence-electron chi connectivity index (χ4n) is 3.54. The summed E-state index contributed by atoms with van der Waals surface area (Å²) in [6, 6.07) is 0. The molecule has 0 N–H and O–H groups in total. The SMILES string of the molecule is CC(C)=CC1C(C(C=O)Cc2c(F)c(F)c(F)c(F)c2F)C1(C)C. The summed E-state index contributed by atoms with van der Waals surface area (Å²) in [7, 11) is 0. The van der Waals surface area contributed by atoms with Gasteiger partial charge >= 0.3 is 0 Å². The van der Waals surface area contributed by atoms with Crippen molar-refractivity contribution in [3.63, 3.8) is 0 Å². The molecule has 132 valence electrons. The van der Waals surface area contributed by atoms with Crippen LogP contribution in [-0.4, -0.2) is 6.29 Å². The molecular weight excluding hydrogens is 327 g/mol. The summed E-state index contributed by atoms with van der Waals surface area (Å²) in [4.78, 5) is 11.4. The highest BCUT2D eigenvalue weighted by atomic mass is 19.2. The molecule has 0 bridgehead atoms. The van der Waals surface area contributed by atoms with Crippen LogP contribution >= 0.6 is 0 Å². The van der Waals surface area contributed by atoms with Crippen molar-refractivity contribution in [3.8, 4) is 0 Å². The van der Waals surface area contributed by atoms with Gasteiger partial charge in [0.05, 0.1) is 0 Å². The average molecular weight is 346 g/mol. The van der Waals surface area contributed by atoms with Gasteiger partial charge in [0.25, 0.3) is 0 Å². The normalized spacial score (nSPS) is 22.9. The van der Waals surface area contributed by atoms with Gasteiger partial charge in [0, 0.05) is 11.5 Å². The molecule has 3 atom stereocenters. The molecule has 0 spiro atoms. The molecule has 0 saturated heterocycles. The lowest BCUT2D eigenvalue weighted by Crippen LogP contribution is -2.17. The molecule has 3 unspecified atom stereocenters. The molecule has 6 heteroatoms. The Hall–Kier alpha value is -1.72. The topological polar surface area (TPSA) is 17.1 Å². The van der Waals surface area contributed by atoms with Gasteiger partial charge in [-0.1, -0.05) is 25.5 Å². The van der Waals surface area contributed by atoms with Crippen molar-refractivity contribution in [1.82, 2.24) is 0 Å². The van der Waals surface area contributed by atoms with Crippen molar-refractivity contribution in [2.24, 2.45) is 23.2 Å². The van der Waals surface area contributed by atoms with Crippen LogP contribution in [0.5, 0.6) is 0 Å². The first kappa shape index (κ1) is 18.6. The Kier molecular flexibility index (Phi) is 4.88. The fourth-order valence-corrected chi connectivity index (χ4v) is 3.54. The first-order valence-corrected chi connectivity index (χ1v) is 7.64. The van der Waals surface area contributed by atoms with E-state index in [1.807, 2.05) is 33.8 Å². The van der Waals surface area contributed by atoms with Gasteiger partial charge in [-0.25, -0.2) is 22.0 Å². The fraction of sp³-hybridized carbons (Fsp3) is 0.500. The quantitative estimate of drug-likeness (QED) is 0.242. The Bertz CT molecular complexity index is 675. The van der Waals surface area contributed by atoms with Gasteiger partial charge in [0.2, 0.25) is 5.82 Å². The third-order valence-corrected chi connectivity index (χ3v) is 4.89. The number of allylic oxidation sites excluding steroid dienone is 2. The van der Waals surface area contributed by atoms with Crippen LogP contribution < -0.4 is 0 Å². The van der Waals surface area contributed by atoms with E-state index in [1.54, 1.807) is 0 Å². The number of carbonyl (C=O) groups is 1. The zero-order valence-electron chi connectivity index (χ0n) is 13.9. The van der Waals surface area contributed by atoms with Crippen molar-refractivity contribution in [1.29, 1.82) is 0 Å². The van der Waals surface area contributed by atoms with Crippen molar-refractivity contribution in [2.75, 3.05) is 0 Å². The van der Waals surface area contributed by atoms with E-state index in [0.29, 0.717) is 6.29 Å². The predicted molar refractivity (Wildman–Crippen MR) is 79.7 cm³/mol. The largest absolute Gasteiger partial charge is 0.303 e. The average Bonchev–Trinajstić information content (AvgIpc) is 3.03. The molecule has 1 fully saturated rings. The molecule has 0 aliphatic heterocycles. The van der Waals surface area contributed by atoms with Crippen molar-refractivity contribution >= 4 is 6.29 Å². The van der Waals surface area contributed by atoms with E-state index in [-0.39, 0.29) is 17.3 Å². The van der Waals surface area contributed by atoms with Crippen LogP contribution in [0.2, 0.25) is 0 Å². The zero-order valence-corrected chi connectivity index (χ0v) is 13.9. The number of hydrogen-bond acceptors (Lipinski definition) is 1. The molecule has 0 radical (unpaired) electrons. The van der Waals surface area contributed by atoms with E-state index < -0.39 is 47.0 Å². The van der Waals surface area contributed by atoms with Crippen LogP contribution in [0.3, 0.4) is 0 Å². The van der Waals surface area contributed by atoms with Crippen LogP contribution in [0, 0.1) is 52.3 Å². The molecule has 1 nitrogen and oxygen atoms in total. The molecule has 0 heterocycles. The van der Waals surface area contributed by atoms with Crippen LogP contribution in [0.15, 0.2) is 11.6 Å². The summed E-state index contributed by atoms with van der Waals surface area (Å²) in [5, 5.41) is 0. The molecule has 0 aromatic heterocycles. The molecule has 1 saturated carbocycles. The van der Waals surface area contributed by atoms with E-state index in [0.717, 1.165) is 5.57 Å². The third-order valence-electron chi connectivity index (χ3n) is 4.89. The maximum absolute atomic E-state index is 13.8. The standard InChI is InChI=1S/C18H19F5O/c1-8(2)5-11-12(18(11,3)4)9(7-24)6-10-13(19)15(21)17(23)16(22)14(10)20/h5,7,9,11-12H,6H2,1-4H3. The van der Waals surface area contributed by atoms with Gasteiger partial charge < -0.3 is 4.79 Å². The molecular formula is C18H19F5O. The van der Waals surface area contributed by atoms with Crippen molar-refractivity contribution in [2.45, 2.75) is 34.1 Å². The lowest BCUT2D eigenvalue weighted by molar-refractivity contribution is -0.111. The predicted octanol–water partition coefficient (Wildman–Crippen LogP) is 4.98. The van der Waals surface area contributed by atoms with Crippen molar-refractivity contribution < 1.29 is 26.7 Å². The highest BCUT2D eigenvalue weighted by molar-refractivity contribution is 5.57. The van der Waals surface area contributed by atoms with Gasteiger partial charge in [-0.05, 0) is 37.5 Å². The Labute approximate surface area is 137 Å². The maximum Gasteiger partial charge on any atom is 0.200 e. The van der Waals surface area contributed by atoms with Crippen LogP contribution in [0.1, 0.15) is 33.3 Å². The lowest BCUT2D eigenvalue weighted by Gasteiger charge is -2.14. The van der Waals surface area contributed by atoms with Crippen LogP contribution in [-0.2, 0) is 11.2 Å². The minimum Gasteiger partial charge on any atom is -0.303 e. The van der Waals surface area contributed by atoms with E-state index in [4.69, 9.17) is 0 Å². The summed E-state index contributed by atoms with van der Waals surface area (Å²) in [6.07, 6.45) is 2.00. The number of benzene rings is 1. The Morgan fingerprint density at radius 2 is 1.46 bits per heavy atom. The molecule has 1 aromatic carbocycles. The summed E-state index contributed by atoms with van der Waals surface area (Å²) in [6.45, 7) is 7.62. The molecule has 1 aromatic rings.